The molecule has 4 nitrogen and oxygen atoms in total. The summed E-state index contributed by atoms with van der Waals surface area (Å²) in [5, 5.41) is 9.34. The fraction of sp³-hybridized carbons (Fsp3) is 0.500. The molecule has 0 saturated carbocycles. The van der Waals surface area contributed by atoms with Gasteiger partial charge < -0.3 is 10.0 Å². The zero-order chi connectivity index (χ0) is 13.1. The summed E-state index contributed by atoms with van der Waals surface area (Å²) in [6, 6.07) is 7.88. The first-order valence-electron chi connectivity index (χ1n) is 6.25. The Bertz CT molecular complexity index is 432. The molecule has 0 amide bonds. The van der Waals surface area contributed by atoms with Gasteiger partial charge in [-0.15, -0.1) is 0 Å². The Morgan fingerprint density at radius 1 is 1.44 bits per heavy atom. The van der Waals surface area contributed by atoms with Gasteiger partial charge in [0.25, 0.3) is 0 Å². The van der Waals surface area contributed by atoms with Gasteiger partial charge in [-0.1, -0.05) is 24.3 Å². The van der Waals surface area contributed by atoms with Crippen molar-refractivity contribution in [3.8, 4) is 0 Å². The third-order valence-corrected chi connectivity index (χ3v) is 3.43. The molecule has 0 spiro atoms. The van der Waals surface area contributed by atoms with Crippen molar-refractivity contribution >= 4 is 5.97 Å². The molecule has 0 saturated heterocycles. The Balaban J connectivity index is 2.15. The van der Waals surface area contributed by atoms with E-state index in [1.807, 2.05) is 38.4 Å². The highest BCUT2D eigenvalue weighted by atomic mass is 16.4. The minimum atomic E-state index is -0.725. The highest BCUT2D eigenvalue weighted by Crippen LogP contribution is 2.28. The van der Waals surface area contributed by atoms with Crippen molar-refractivity contribution in [1.29, 1.82) is 0 Å². The summed E-state index contributed by atoms with van der Waals surface area (Å²) < 4.78 is 0. The number of carbonyl (C=O) groups is 1. The topological polar surface area (TPSA) is 43.8 Å². The standard InChI is InChI=1S/C14H20N2O2/c1-15(2)7-8-16-9-11-5-3-4-6-12(11)13(10-16)14(17)18/h3-6,13H,7-10H2,1-2H3,(H,17,18). The monoisotopic (exact) mass is 248 g/mol. The summed E-state index contributed by atoms with van der Waals surface area (Å²) in [7, 11) is 4.07. The SMILES string of the molecule is CN(C)CCN1Cc2ccccc2C(C(=O)O)C1. The third-order valence-electron chi connectivity index (χ3n) is 3.43. The molecule has 98 valence electrons. The van der Waals surface area contributed by atoms with Crippen molar-refractivity contribution in [1.82, 2.24) is 9.80 Å². The van der Waals surface area contributed by atoms with Crippen molar-refractivity contribution in [3.63, 3.8) is 0 Å². The van der Waals surface area contributed by atoms with Crippen LogP contribution in [-0.4, -0.2) is 54.6 Å². The molecule has 1 unspecified atom stereocenters. The highest BCUT2D eigenvalue weighted by molar-refractivity contribution is 5.77. The number of hydrogen-bond donors (Lipinski definition) is 1. The lowest BCUT2D eigenvalue weighted by atomic mass is 9.90. The summed E-state index contributed by atoms with van der Waals surface area (Å²) in [6.07, 6.45) is 0. The van der Waals surface area contributed by atoms with Gasteiger partial charge in [0.2, 0.25) is 0 Å². The number of likely N-dealkylation sites (N-methyl/N-ethyl adjacent to an activating group) is 1. The first-order chi connectivity index (χ1) is 8.58. The number of benzene rings is 1. The normalized spacial score (nSPS) is 19.8. The average Bonchev–Trinajstić information content (AvgIpc) is 2.35. The second kappa shape index (κ2) is 5.50. The van der Waals surface area contributed by atoms with Gasteiger partial charge in [-0.3, -0.25) is 9.69 Å². The van der Waals surface area contributed by atoms with Crippen molar-refractivity contribution < 1.29 is 9.90 Å². The smallest absolute Gasteiger partial charge is 0.312 e. The number of nitrogens with zero attached hydrogens (tertiary/aromatic N) is 2. The van der Waals surface area contributed by atoms with Crippen molar-refractivity contribution in [2.75, 3.05) is 33.7 Å². The van der Waals surface area contributed by atoms with Crippen LogP contribution >= 0.6 is 0 Å². The molecule has 1 aliphatic heterocycles. The van der Waals surface area contributed by atoms with Gasteiger partial charge >= 0.3 is 5.97 Å². The molecule has 1 aromatic rings. The molecule has 18 heavy (non-hydrogen) atoms. The Morgan fingerprint density at radius 3 is 2.83 bits per heavy atom. The number of carboxylic acids is 1. The van der Waals surface area contributed by atoms with E-state index in [0.29, 0.717) is 6.54 Å². The van der Waals surface area contributed by atoms with E-state index in [2.05, 4.69) is 9.80 Å². The molecular weight excluding hydrogens is 228 g/mol. The number of carboxylic acid groups (broad SMARTS) is 1. The minimum Gasteiger partial charge on any atom is -0.481 e. The second-order valence-corrected chi connectivity index (χ2v) is 5.13. The maximum atomic E-state index is 11.4. The molecule has 0 fully saturated rings. The largest absolute Gasteiger partial charge is 0.481 e. The molecule has 2 rings (SSSR count). The van der Waals surface area contributed by atoms with Crippen LogP contribution in [0.15, 0.2) is 24.3 Å². The predicted octanol–water partition coefficient (Wildman–Crippen LogP) is 1.23. The second-order valence-electron chi connectivity index (χ2n) is 5.13. The first kappa shape index (κ1) is 13.1. The van der Waals surface area contributed by atoms with Gasteiger partial charge in [0, 0.05) is 26.2 Å². The average molecular weight is 248 g/mol. The van der Waals surface area contributed by atoms with Crippen LogP contribution in [0.4, 0.5) is 0 Å². The van der Waals surface area contributed by atoms with Gasteiger partial charge in [0.05, 0.1) is 5.92 Å². The fourth-order valence-electron chi connectivity index (χ4n) is 2.40. The summed E-state index contributed by atoms with van der Waals surface area (Å²) in [4.78, 5) is 15.7. The zero-order valence-electron chi connectivity index (χ0n) is 11.0. The molecule has 1 N–H and O–H groups in total. The predicted molar refractivity (Wildman–Crippen MR) is 70.6 cm³/mol. The Kier molecular flexibility index (Phi) is 3.99. The molecule has 0 bridgehead atoms. The van der Waals surface area contributed by atoms with Crippen LogP contribution in [0.5, 0.6) is 0 Å². The zero-order valence-corrected chi connectivity index (χ0v) is 11.0. The number of fused-ring (bicyclic) bond motifs is 1. The van der Waals surface area contributed by atoms with Crippen LogP contribution in [0.25, 0.3) is 0 Å². The van der Waals surface area contributed by atoms with Crippen LogP contribution in [0, 0.1) is 0 Å². The van der Waals surface area contributed by atoms with E-state index in [1.54, 1.807) is 0 Å². The van der Waals surface area contributed by atoms with Crippen LogP contribution in [-0.2, 0) is 11.3 Å². The lowest BCUT2D eigenvalue weighted by molar-refractivity contribution is -0.139. The van der Waals surface area contributed by atoms with E-state index in [0.717, 1.165) is 30.8 Å². The molecular formula is C14H20N2O2. The lowest BCUT2D eigenvalue weighted by Crippen LogP contribution is -2.40. The molecule has 4 heteroatoms. The van der Waals surface area contributed by atoms with Gasteiger partial charge in [0.15, 0.2) is 0 Å². The molecule has 1 heterocycles. The van der Waals surface area contributed by atoms with E-state index >= 15 is 0 Å². The molecule has 1 aliphatic rings. The molecule has 1 aromatic carbocycles. The fourth-order valence-corrected chi connectivity index (χ4v) is 2.40. The molecule has 1 atom stereocenters. The Labute approximate surface area is 108 Å². The van der Waals surface area contributed by atoms with Crippen LogP contribution in [0.2, 0.25) is 0 Å². The highest BCUT2D eigenvalue weighted by Gasteiger charge is 2.29. The van der Waals surface area contributed by atoms with Gasteiger partial charge in [0.1, 0.15) is 0 Å². The van der Waals surface area contributed by atoms with Crippen molar-refractivity contribution in [2.45, 2.75) is 12.5 Å². The van der Waals surface area contributed by atoms with Crippen molar-refractivity contribution in [2.24, 2.45) is 0 Å². The van der Waals surface area contributed by atoms with E-state index in [-0.39, 0.29) is 0 Å². The quantitative estimate of drug-likeness (QED) is 0.870. The number of aliphatic carboxylic acids is 1. The number of rotatable bonds is 4. The molecule has 0 aromatic heterocycles. The van der Waals surface area contributed by atoms with Gasteiger partial charge in [-0.2, -0.15) is 0 Å². The summed E-state index contributed by atoms with van der Waals surface area (Å²) in [5.74, 6) is -1.12. The molecule has 0 aliphatic carbocycles. The maximum absolute atomic E-state index is 11.4. The summed E-state index contributed by atoms with van der Waals surface area (Å²) in [6.45, 7) is 3.33. The first-order valence-corrected chi connectivity index (χ1v) is 6.25. The van der Waals surface area contributed by atoms with Gasteiger partial charge in [-0.05, 0) is 25.2 Å². The minimum absolute atomic E-state index is 0.392. The third kappa shape index (κ3) is 2.89. The Hall–Kier alpha value is -1.39. The lowest BCUT2D eigenvalue weighted by Gasteiger charge is -2.33. The van der Waals surface area contributed by atoms with Crippen molar-refractivity contribution in [3.05, 3.63) is 35.4 Å². The summed E-state index contributed by atoms with van der Waals surface area (Å²) >= 11 is 0. The van der Waals surface area contributed by atoms with E-state index in [4.69, 9.17) is 0 Å². The van der Waals surface area contributed by atoms with E-state index in [9.17, 15) is 9.90 Å². The van der Waals surface area contributed by atoms with E-state index in [1.165, 1.54) is 0 Å². The van der Waals surface area contributed by atoms with E-state index < -0.39 is 11.9 Å². The van der Waals surface area contributed by atoms with Gasteiger partial charge in [-0.25, -0.2) is 0 Å². The van der Waals surface area contributed by atoms with Crippen LogP contribution in [0.3, 0.4) is 0 Å². The Morgan fingerprint density at radius 2 is 2.17 bits per heavy atom. The molecule has 0 radical (unpaired) electrons. The number of hydrogen-bond acceptors (Lipinski definition) is 3. The van der Waals surface area contributed by atoms with Crippen LogP contribution in [0.1, 0.15) is 17.0 Å². The maximum Gasteiger partial charge on any atom is 0.312 e. The van der Waals surface area contributed by atoms with Crippen LogP contribution < -0.4 is 0 Å². The summed E-state index contributed by atoms with van der Waals surface area (Å²) in [5.41, 5.74) is 2.13.